The van der Waals surface area contributed by atoms with Gasteiger partial charge in [0.2, 0.25) is 0 Å². The Morgan fingerprint density at radius 3 is 2.19 bits per heavy atom. The molecule has 8 heteroatoms. The number of aryl methyl sites for hydroxylation is 1. The molecule has 2 heterocycles. The molecule has 4 rings (SSSR count). The zero-order chi connectivity index (χ0) is 22.5. The highest BCUT2D eigenvalue weighted by Crippen LogP contribution is 2.19. The molecule has 0 saturated carbocycles. The number of piperazine rings is 1. The van der Waals surface area contributed by atoms with Crippen LogP contribution in [0.15, 0.2) is 53.9 Å². The smallest absolute Gasteiger partial charge is 0.254 e. The van der Waals surface area contributed by atoms with Crippen LogP contribution in [-0.4, -0.2) is 59.9 Å². The van der Waals surface area contributed by atoms with Crippen molar-refractivity contribution in [1.82, 2.24) is 14.8 Å². The summed E-state index contributed by atoms with van der Waals surface area (Å²) < 4.78 is 11.0. The van der Waals surface area contributed by atoms with Crippen LogP contribution in [0.5, 0.6) is 11.5 Å². The van der Waals surface area contributed by atoms with Crippen LogP contribution in [0, 0.1) is 6.92 Å². The number of amides is 2. The summed E-state index contributed by atoms with van der Waals surface area (Å²) in [5, 5.41) is 2.99. The lowest BCUT2D eigenvalue weighted by Gasteiger charge is -2.35. The average Bonchev–Trinajstić information content (AvgIpc) is 3.27. The molecule has 0 spiro atoms. The molecule has 1 aromatic heterocycles. The summed E-state index contributed by atoms with van der Waals surface area (Å²) in [4.78, 5) is 33.6. The Labute approximate surface area is 191 Å². The van der Waals surface area contributed by atoms with Crippen molar-refractivity contribution < 1.29 is 19.1 Å². The zero-order valence-corrected chi connectivity index (χ0v) is 18.9. The molecular weight excluding hydrogens is 426 g/mol. The number of hydrogen-bond acceptors (Lipinski definition) is 6. The SMILES string of the molecule is COc1cccc(C(=O)N2CCN(C(=O)c3ccc(OCc4csc(C)n4)cc3)CC2)c1. The minimum absolute atomic E-state index is 0.0415. The summed E-state index contributed by atoms with van der Waals surface area (Å²) in [5.74, 6) is 1.26. The van der Waals surface area contributed by atoms with E-state index in [2.05, 4.69) is 4.98 Å². The molecule has 0 radical (unpaired) electrons. The van der Waals surface area contributed by atoms with Crippen LogP contribution in [0.3, 0.4) is 0 Å². The van der Waals surface area contributed by atoms with E-state index in [4.69, 9.17) is 9.47 Å². The fourth-order valence-electron chi connectivity index (χ4n) is 3.56. The largest absolute Gasteiger partial charge is 0.497 e. The summed E-state index contributed by atoms with van der Waals surface area (Å²) >= 11 is 1.59. The Kier molecular flexibility index (Phi) is 6.70. The summed E-state index contributed by atoms with van der Waals surface area (Å²) in [7, 11) is 1.58. The normalized spacial score (nSPS) is 13.7. The molecule has 0 aliphatic carbocycles. The van der Waals surface area contributed by atoms with E-state index in [0.717, 1.165) is 10.7 Å². The maximum Gasteiger partial charge on any atom is 0.254 e. The molecule has 3 aromatic rings. The van der Waals surface area contributed by atoms with Gasteiger partial charge in [0.1, 0.15) is 18.1 Å². The molecule has 0 unspecified atom stereocenters. The quantitative estimate of drug-likeness (QED) is 0.572. The molecule has 0 atom stereocenters. The first-order valence-electron chi connectivity index (χ1n) is 10.4. The summed E-state index contributed by atoms with van der Waals surface area (Å²) in [6.45, 7) is 4.35. The lowest BCUT2D eigenvalue weighted by atomic mass is 10.1. The number of aromatic nitrogens is 1. The van der Waals surface area contributed by atoms with Crippen molar-refractivity contribution in [3.63, 3.8) is 0 Å². The molecule has 0 N–H and O–H groups in total. The number of methoxy groups -OCH3 is 1. The highest BCUT2D eigenvalue weighted by molar-refractivity contribution is 7.09. The lowest BCUT2D eigenvalue weighted by molar-refractivity contribution is 0.0535. The second kappa shape index (κ2) is 9.82. The molecule has 7 nitrogen and oxygen atoms in total. The van der Waals surface area contributed by atoms with E-state index >= 15 is 0 Å². The molecule has 2 amide bonds. The summed E-state index contributed by atoms with van der Waals surface area (Å²) in [5.41, 5.74) is 2.09. The highest BCUT2D eigenvalue weighted by atomic mass is 32.1. The molecule has 1 aliphatic rings. The van der Waals surface area contributed by atoms with Gasteiger partial charge in [0, 0.05) is 42.7 Å². The highest BCUT2D eigenvalue weighted by Gasteiger charge is 2.25. The molecular formula is C24H25N3O4S. The fraction of sp³-hybridized carbons (Fsp3) is 0.292. The molecule has 1 aliphatic heterocycles. The minimum atomic E-state index is -0.0483. The van der Waals surface area contributed by atoms with Gasteiger partial charge in [-0.2, -0.15) is 0 Å². The molecule has 166 valence electrons. The Bertz CT molecular complexity index is 1090. The Hall–Kier alpha value is -3.39. The number of thiazole rings is 1. The Balaban J connectivity index is 1.30. The van der Waals surface area contributed by atoms with Gasteiger partial charge in [0.15, 0.2) is 0 Å². The predicted octanol–water partition coefficient (Wildman–Crippen LogP) is 3.64. The number of rotatable bonds is 6. The van der Waals surface area contributed by atoms with Crippen molar-refractivity contribution in [2.75, 3.05) is 33.3 Å². The molecule has 1 saturated heterocycles. The van der Waals surface area contributed by atoms with Gasteiger partial charge in [-0.15, -0.1) is 11.3 Å². The first-order chi connectivity index (χ1) is 15.5. The third kappa shape index (κ3) is 5.08. The van der Waals surface area contributed by atoms with Gasteiger partial charge in [-0.3, -0.25) is 9.59 Å². The van der Waals surface area contributed by atoms with Gasteiger partial charge in [-0.05, 0) is 49.4 Å². The van der Waals surface area contributed by atoms with Crippen molar-refractivity contribution in [2.24, 2.45) is 0 Å². The van der Waals surface area contributed by atoms with Crippen LogP contribution < -0.4 is 9.47 Å². The van der Waals surface area contributed by atoms with Crippen molar-refractivity contribution in [1.29, 1.82) is 0 Å². The third-order valence-corrected chi connectivity index (χ3v) is 6.15. The molecule has 0 bridgehead atoms. The van der Waals surface area contributed by atoms with E-state index < -0.39 is 0 Å². The van der Waals surface area contributed by atoms with Crippen LogP contribution in [0.2, 0.25) is 0 Å². The second-order valence-electron chi connectivity index (χ2n) is 7.49. The number of carbonyl (C=O) groups excluding carboxylic acids is 2. The number of nitrogens with zero attached hydrogens (tertiary/aromatic N) is 3. The maximum absolute atomic E-state index is 12.9. The lowest BCUT2D eigenvalue weighted by Crippen LogP contribution is -2.50. The Morgan fingerprint density at radius 1 is 0.938 bits per heavy atom. The van der Waals surface area contributed by atoms with Gasteiger partial charge >= 0.3 is 0 Å². The standard InChI is InChI=1S/C24H25N3O4S/c1-17-25-20(16-32-17)15-31-21-8-6-18(7-9-21)23(28)26-10-12-27(13-11-26)24(29)19-4-3-5-22(14-19)30-2/h3-9,14,16H,10-13,15H2,1-2H3. The zero-order valence-electron chi connectivity index (χ0n) is 18.1. The van der Waals surface area contributed by atoms with E-state index in [-0.39, 0.29) is 11.8 Å². The average molecular weight is 452 g/mol. The number of carbonyl (C=O) groups is 2. The van der Waals surface area contributed by atoms with Gasteiger partial charge in [-0.1, -0.05) is 6.07 Å². The molecule has 1 fully saturated rings. The van der Waals surface area contributed by atoms with Gasteiger partial charge in [0.05, 0.1) is 17.8 Å². The van der Waals surface area contributed by atoms with Crippen LogP contribution >= 0.6 is 11.3 Å². The number of hydrogen-bond donors (Lipinski definition) is 0. The first-order valence-corrected chi connectivity index (χ1v) is 11.3. The first kappa shape index (κ1) is 21.8. The van der Waals surface area contributed by atoms with Crippen LogP contribution in [0.25, 0.3) is 0 Å². The van der Waals surface area contributed by atoms with Crippen LogP contribution in [-0.2, 0) is 6.61 Å². The second-order valence-corrected chi connectivity index (χ2v) is 8.55. The summed E-state index contributed by atoms with van der Waals surface area (Å²) in [6, 6.07) is 14.3. The number of ether oxygens (including phenoxy) is 2. The molecule has 2 aromatic carbocycles. The Morgan fingerprint density at radius 2 is 1.59 bits per heavy atom. The van der Waals surface area contributed by atoms with E-state index in [1.54, 1.807) is 70.7 Å². The number of benzene rings is 2. The van der Waals surface area contributed by atoms with Crippen molar-refractivity contribution >= 4 is 23.2 Å². The van der Waals surface area contributed by atoms with Crippen molar-refractivity contribution in [2.45, 2.75) is 13.5 Å². The van der Waals surface area contributed by atoms with Gasteiger partial charge in [-0.25, -0.2) is 4.98 Å². The van der Waals surface area contributed by atoms with Crippen molar-refractivity contribution in [3.05, 3.63) is 75.7 Å². The van der Waals surface area contributed by atoms with E-state index in [0.29, 0.717) is 55.4 Å². The van der Waals surface area contributed by atoms with Gasteiger partial charge in [0.25, 0.3) is 11.8 Å². The maximum atomic E-state index is 12.9. The minimum Gasteiger partial charge on any atom is -0.497 e. The molecule has 32 heavy (non-hydrogen) atoms. The topological polar surface area (TPSA) is 72.0 Å². The van der Waals surface area contributed by atoms with Crippen molar-refractivity contribution in [3.8, 4) is 11.5 Å². The van der Waals surface area contributed by atoms with Gasteiger partial charge < -0.3 is 19.3 Å². The van der Waals surface area contributed by atoms with E-state index in [1.807, 2.05) is 18.4 Å². The third-order valence-electron chi connectivity index (χ3n) is 5.33. The van der Waals surface area contributed by atoms with E-state index in [9.17, 15) is 9.59 Å². The fourth-order valence-corrected chi connectivity index (χ4v) is 4.16. The van der Waals surface area contributed by atoms with Crippen LogP contribution in [0.4, 0.5) is 0 Å². The predicted molar refractivity (Wildman–Crippen MR) is 122 cm³/mol. The van der Waals surface area contributed by atoms with Crippen LogP contribution in [0.1, 0.15) is 31.4 Å². The summed E-state index contributed by atoms with van der Waals surface area (Å²) in [6.07, 6.45) is 0. The van der Waals surface area contributed by atoms with E-state index in [1.165, 1.54) is 0 Å². The monoisotopic (exact) mass is 451 g/mol.